The smallest absolute Gasteiger partial charge is 0.233 e. The highest BCUT2D eigenvalue weighted by atomic mass is 16.5. The zero-order chi connectivity index (χ0) is 14.1. The first kappa shape index (κ1) is 15.3. The van der Waals surface area contributed by atoms with E-state index in [2.05, 4.69) is 10.6 Å². The summed E-state index contributed by atoms with van der Waals surface area (Å²) < 4.78 is 10.4. The van der Waals surface area contributed by atoms with Crippen molar-refractivity contribution in [3.05, 3.63) is 23.8 Å². The number of benzene rings is 1. The second kappa shape index (κ2) is 8.37. The van der Waals surface area contributed by atoms with Crippen molar-refractivity contribution in [1.29, 1.82) is 0 Å². The largest absolute Gasteiger partial charge is 0.497 e. The summed E-state index contributed by atoms with van der Waals surface area (Å²) in [5.74, 6) is 1.55. The van der Waals surface area contributed by atoms with Crippen LogP contribution in [-0.2, 0) is 11.2 Å². The van der Waals surface area contributed by atoms with Crippen LogP contribution >= 0.6 is 0 Å². The molecule has 0 saturated heterocycles. The number of amides is 1. The first-order valence-corrected chi connectivity index (χ1v) is 6.39. The molecule has 5 heteroatoms. The standard InChI is InChI=1S/C14H22N2O3/c1-4-15-10-14(17)16-8-7-11-5-6-12(18-2)9-13(11)19-3/h5-6,9,15H,4,7-8,10H2,1-3H3,(H,16,17). The van der Waals surface area contributed by atoms with Crippen molar-refractivity contribution < 1.29 is 14.3 Å². The lowest BCUT2D eigenvalue weighted by molar-refractivity contribution is -0.120. The van der Waals surface area contributed by atoms with Gasteiger partial charge < -0.3 is 20.1 Å². The maximum absolute atomic E-state index is 11.4. The fourth-order valence-electron chi connectivity index (χ4n) is 1.70. The lowest BCUT2D eigenvalue weighted by atomic mass is 10.1. The van der Waals surface area contributed by atoms with E-state index in [1.807, 2.05) is 25.1 Å². The third kappa shape index (κ3) is 5.18. The first-order valence-electron chi connectivity index (χ1n) is 6.39. The van der Waals surface area contributed by atoms with Gasteiger partial charge in [-0.3, -0.25) is 4.79 Å². The summed E-state index contributed by atoms with van der Waals surface area (Å²) in [5, 5.41) is 5.84. The summed E-state index contributed by atoms with van der Waals surface area (Å²) in [6.07, 6.45) is 0.727. The Balaban J connectivity index is 2.46. The molecule has 106 valence electrons. The number of hydrogen-bond acceptors (Lipinski definition) is 4. The van der Waals surface area contributed by atoms with E-state index in [0.29, 0.717) is 13.1 Å². The molecule has 5 nitrogen and oxygen atoms in total. The van der Waals surface area contributed by atoms with Gasteiger partial charge in [0.2, 0.25) is 5.91 Å². The maximum Gasteiger partial charge on any atom is 0.233 e. The lowest BCUT2D eigenvalue weighted by Crippen LogP contribution is -2.34. The molecule has 0 spiro atoms. The van der Waals surface area contributed by atoms with Gasteiger partial charge in [0.25, 0.3) is 0 Å². The van der Waals surface area contributed by atoms with Crippen LogP contribution in [0.4, 0.5) is 0 Å². The second-order valence-corrected chi connectivity index (χ2v) is 4.06. The van der Waals surface area contributed by atoms with Crippen LogP contribution in [0, 0.1) is 0 Å². The molecular formula is C14H22N2O3. The van der Waals surface area contributed by atoms with Gasteiger partial charge in [-0.2, -0.15) is 0 Å². The predicted octanol–water partition coefficient (Wildman–Crippen LogP) is 0.972. The first-order chi connectivity index (χ1) is 9.21. The van der Waals surface area contributed by atoms with Crippen molar-refractivity contribution in [2.75, 3.05) is 33.9 Å². The van der Waals surface area contributed by atoms with Crippen LogP contribution in [0.15, 0.2) is 18.2 Å². The topological polar surface area (TPSA) is 59.6 Å². The minimum atomic E-state index is 0.00864. The molecule has 0 aliphatic carbocycles. The number of carbonyl (C=O) groups is 1. The summed E-state index contributed by atoms with van der Waals surface area (Å²) in [4.78, 5) is 11.4. The van der Waals surface area contributed by atoms with Gasteiger partial charge in [0, 0.05) is 12.6 Å². The molecule has 0 heterocycles. The Labute approximate surface area is 114 Å². The van der Waals surface area contributed by atoms with Gasteiger partial charge in [0.1, 0.15) is 11.5 Å². The van der Waals surface area contributed by atoms with Crippen LogP contribution in [-0.4, -0.2) is 39.8 Å². The van der Waals surface area contributed by atoms with Gasteiger partial charge in [0.05, 0.1) is 20.8 Å². The van der Waals surface area contributed by atoms with Gasteiger partial charge in [0.15, 0.2) is 0 Å². The second-order valence-electron chi connectivity index (χ2n) is 4.06. The molecule has 0 saturated carbocycles. The molecule has 19 heavy (non-hydrogen) atoms. The van der Waals surface area contributed by atoms with Gasteiger partial charge in [-0.05, 0) is 24.6 Å². The molecule has 0 unspecified atom stereocenters. The number of likely N-dealkylation sites (N-methyl/N-ethyl adjacent to an activating group) is 1. The summed E-state index contributed by atoms with van der Waals surface area (Å²) in [6.45, 7) is 3.71. The SMILES string of the molecule is CCNCC(=O)NCCc1ccc(OC)cc1OC. The minimum absolute atomic E-state index is 0.00864. The Morgan fingerprint density at radius 2 is 2.05 bits per heavy atom. The molecule has 0 aromatic heterocycles. The summed E-state index contributed by atoms with van der Waals surface area (Å²) in [6, 6.07) is 5.68. The molecule has 0 radical (unpaired) electrons. The van der Waals surface area contributed by atoms with E-state index in [0.717, 1.165) is 30.0 Å². The van der Waals surface area contributed by atoms with Crippen molar-refractivity contribution in [1.82, 2.24) is 10.6 Å². The molecule has 0 aliphatic rings. The van der Waals surface area contributed by atoms with E-state index in [1.54, 1.807) is 14.2 Å². The summed E-state index contributed by atoms with van der Waals surface area (Å²) in [5.41, 5.74) is 1.05. The lowest BCUT2D eigenvalue weighted by Gasteiger charge is -2.11. The van der Waals surface area contributed by atoms with Crippen LogP contribution < -0.4 is 20.1 Å². The number of nitrogens with one attached hydrogen (secondary N) is 2. The molecule has 2 N–H and O–H groups in total. The van der Waals surface area contributed by atoms with Crippen molar-refractivity contribution in [2.45, 2.75) is 13.3 Å². The van der Waals surface area contributed by atoms with Gasteiger partial charge in [-0.15, -0.1) is 0 Å². The molecule has 0 fully saturated rings. The molecule has 1 amide bonds. The van der Waals surface area contributed by atoms with E-state index < -0.39 is 0 Å². The van der Waals surface area contributed by atoms with Crippen LogP contribution in [0.5, 0.6) is 11.5 Å². The van der Waals surface area contributed by atoms with E-state index in [4.69, 9.17) is 9.47 Å². The number of methoxy groups -OCH3 is 2. The molecule has 0 aliphatic heterocycles. The fraction of sp³-hybridized carbons (Fsp3) is 0.500. The fourth-order valence-corrected chi connectivity index (χ4v) is 1.70. The van der Waals surface area contributed by atoms with Crippen molar-refractivity contribution in [2.24, 2.45) is 0 Å². The normalized spacial score (nSPS) is 10.1. The number of ether oxygens (including phenoxy) is 2. The Morgan fingerprint density at radius 3 is 2.68 bits per heavy atom. The van der Waals surface area contributed by atoms with Crippen molar-refractivity contribution in [3.63, 3.8) is 0 Å². The average molecular weight is 266 g/mol. The third-order valence-corrected chi connectivity index (χ3v) is 2.75. The highest BCUT2D eigenvalue weighted by Crippen LogP contribution is 2.24. The number of rotatable bonds is 8. The monoisotopic (exact) mass is 266 g/mol. The Morgan fingerprint density at radius 1 is 1.26 bits per heavy atom. The summed E-state index contributed by atoms with van der Waals surface area (Å²) >= 11 is 0. The minimum Gasteiger partial charge on any atom is -0.497 e. The van der Waals surface area contributed by atoms with Crippen LogP contribution in [0.3, 0.4) is 0 Å². The average Bonchev–Trinajstić information content (AvgIpc) is 2.45. The highest BCUT2D eigenvalue weighted by molar-refractivity contribution is 5.77. The van der Waals surface area contributed by atoms with Crippen LogP contribution in [0.2, 0.25) is 0 Å². The zero-order valence-electron chi connectivity index (χ0n) is 11.8. The molecule has 0 bridgehead atoms. The van der Waals surface area contributed by atoms with Crippen molar-refractivity contribution >= 4 is 5.91 Å². The van der Waals surface area contributed by atoms with Crippen molar-refractivity contribution in [3.8, 4) is 11.5 Å². The van der Waals surface area contributed by atoms with E-state index in [1.165, 1.54) is 0 Å². The van der Waals surface area contributed by atoms with Crippen LogP contribution in [0.25, 0.3) is 0 Å². The molecule has 1 aromatic rings. The maximum atomic E-state index is 11.4. The Hall–Kier alpha value is -1.75. The Bertz CT molecular complexity index is 408. The molecular weight excluding hydrogens is 244 g/mol. The van der Waals surface area contributed by atoms with E-state index in [-0.39, 0.29) is 5.91 Å². The molecule has 0 atom stereocenters. The highest BCUT2D eigenvalue weighted by Gasteiger charge is 2.06. The molecule has 1 aromatic carbocycles. The van der Waals surface area contributed by atoms with E-state index in [9.17, 15) is 4.79 Å². The quantitative estimate of drug-likeness (QED) is 0.736. The molecule has 1 rings (SSSR count). The van der Waals surface area contributed by atoms with Crippen LogP contribution in [0.1, 0.15) is 12.5 Å². The Kier molecular flexibility index (Phi) is 6.74. The van der Waals surface area contributed by atoms with Gasteiger partial charge in [-0.25, -0.2) is 0 Å². The number of hydrogen-bond donors (Lipinski definition) is 2. The van der Waals surface area contributed by atoms with Gasteiger partial charge in [-0.1, -0.05) is 13.0 Å². The predicted molar refractivity (Wildman–Crippen MR) is 74.8 cm³/mol. The number of carbonyl (C=O) groups excluding carboxylic acids is 1. The zero-order valence-corrected chi connectivity index (χ0v) is 11.8. The summed E-state index contributed by atoms with van der Waals surface area (Å²) in [7, 11) is 3.25. The third-order valence-electron chi connectivity index (χ3n) is 2.75. The van der Waals surface area contributed by atoms with E-state index >= 15 is 0 Å². The van der Waals surface area contributed by atoms with Gasteiger partial charge >= 0.3 is 0 Å².